The van der Waals surface area contributed by atoms with Gasteiger partial charge in [-0.1, -0.05) is 29.8 Å². The van der Waals surface area contributed by atoms with Crippen molar-refractivity contribution in [2.45, 2.75) is 18.8 Å². The van der Waals surface area contributed by atoms with Gasteiger partial charge in [0.05, 0.1) is 0 Å². The number of alkyl halides is 1. The van der Waals surface area contributed by atoms with Crippen molar-refractivity contribution < 1.29 is 9.59 Å². The van der Waals surface area contributed by atoms with E-state index in [9.17, 15) is 9.59 Å². The smallest absolute Gasteiger partial charge is 0.321 e. The van der Waals surface area contributed by atoms with Crippen molar-refractivity contribution in [3.05, 3.63) is 34.9 Å². The number of hydrogen-bond donors (Lipinski definition) is 2. The molecule has 17 heavy (non-hydrogen) atoms. The van der Waals surface area contributed by atoms with Gasteiger partial charge in [0, 0.05) is 11.6 Å². The quantitative estimate of drug-likeness (QED) is 0.831. The van der Waals surface area contributed by atoms with Crippen LogP contribution in [0, 0.1) is 0 Å². The molecule has 0 spiro atoms. The molecule has 0 fully saturated rings. The minimum atomic E-state index is -0.749. The van der Waals surface area contributed by atoms with E-state index in [2.05, 4.69) is 10.6 Å². The SMILES string of the molecule is CC(Cl)C(=O)NC(=O)NCc1ccccc1Cl. The maximum absolute atomic E-state index is 11.3. The highest BCUT2D eigenvalue weighted by atomic mass is 35.5. The molecule has 2 N–H and O–H groups in total. The predicted octanol–water partition coefficient (Wildman–Crippen LogP) is 2.29. The Morgan fingerprint density at radius 2 is 2.00 bits per heavy atom. The fourth-order valence-corrected chi connectivity index (χ4v) is 1.33. The minimum Gasteiger partial charge on any atom is -0.334 e. The zero-order chi connectivity index (χ0) is 12.8. The lowest BCUT2D eigenvalue weighted by Gasteiger charge is -2.08. The number of amides is 3. The summed E-state index contributed by atoms with van der Waals surface area (Å²) in [5, 5.41) is 4.43. The molecule has 1 rings (SSSR count). The highest BCUT2D eigenvalue weighted by Gasteiger charge is 2.12. The zero-order valence-corrected chi connectivity index (χ0v) is 10.7. The molecule has 1 atom stereocenters. The van der Waals surface area contributed by atoms with Crippen molar-refractivity contribution in [3.8, 4) is 0 Å². The first kappa shape index (κ1) is 13.8. The summed E-state index contributed by atoms with van der Waals surface area (Å²) in [5.74, 6) is -0.539. The van der Waals surface area contributed by atoms with Gasteiger partial charge in [0.2, 0.25) is 5.91 Å². The van der Waals surface area contributed by atoms with Crippen molar-refractivity contribution in [3.63, 3.8) is 0 Å². The molecule has 0 radical (unpaired) electrons. The van der Waals surface area contributed by atoms with Gasteiger partial charge in [-0.05, 0) is 18.6 Å². The third-order valence-electron chi connectivity index (χ3n) is 2.00. The molecule has 1 aromatic rings. The van der Waals surface area contributed by atoms with Crippen LogP contribution in [0.4, 0.5) is 4.79 Å². The van der Waals surface area contributed by atoms with Gasteiger partial charge >= 0.3 is 6.03 Å². The molecule has 0 aromatic heterocycles. The van der Waals surface area contributed by atoms with Crippen molar-refractivity contribution >= 4 is 35.1 Å². The van der Waals surface area contributed by atoms with Crippen LogP contribution in [0.1, 0.15) is 12.5 Å². The maximum Gasteiger partial charge on any atom is 0.321 e. The molecule has 4 nitrogen and oxygen atoms in total. The number of imide groups is 1. The normalized spacial score (nSPS) is 11.7. The summed E-state index contributed by atoms with van der Waals surface area (Å²) in [6.45, 7) is 1.73. The Balaban J connectivity index is 2.44. The van der Waals surface area contributed by atoms with Gasteiger partial charge in [0.25, 0.3) is 0 Å². The van der Waals surface area contributed by atoms with Gasteiger partial charge in [0.1, 0.15) is 5.38 Å². The van der Waals surface area contributed by atoms with Gasteiger partial charge in [0.15, 0.2) is 0 Å². The van der Waals surface area contributed by atoms with E-state index < -0.39 is 17.3 Å². The summed E-state index contributed by atoms with van der Waals surface area (Å²) in [6.07, 6.45) is 0. The van der Waals surface area contributed by atoms with Gasteiger partial charge in [-0.15, -0.1) is 11.6 Å². The van der Waals surface area contributed by atoms with E-state index in [1.807, 2.05) is 6.07 Å². The van der Waals surface area contributed by atoms with E-state index >= 15 is 0 Å². The first-order valence-corrected chi connectivity index (χ1v) is 5.78. The summed E-state index contributed by atoms with van der Waals surface area (Å²) < 4.78 is 0. The molecule has 0 saturated heterocycles. The average Bonchev–Trinajstić information content (AvgIpc) is 2.27. The topological polar surface area (TPSA) is 58.2 Å². The second-order valence-electron chi connectivity index (χ2n) is 3.38. The molecule has 0 aliphatic heterocycles. The molecular weight excluding hydrogens is 263 g/mol. The van der Waals surface area contributed by atoms with Crippen LogP contribution in [0.5, 0.6) is 0 Å². The van der Waals surface area contributed by atoms with Crippen LogP contribution in [0.25, 0.3) is 0 Å². The fourth-order valence-electron chi connectivity index (χ4n) is 1.07. The number of nitrogens with one attached hydrogen (secondary N) is 2. The second kappa shape index (κ2) is 6.47. The Bertz CT molecular complexity index is 422. The van der Waals surface area contributed by atoms with E-state index in [-0.39, 0.29) is 6.54 Å². The number of carbonyl (C=O) groups is 2. The molecule has 3 amide bonds. The monoisotopic (exact) mass is 274 g/mol. The zero-order valence-electron chi connectivity index (χ0n) is 9.17. The first-order chi connectivity index (χ1) is 8.00. The third kappa shape index (κ3) is 4.63. The lowest BCUT2D eigenvalue weighted by atomic mass is 10.2. The predicted molar refractivity (Wildman–Crippen MR) is 67.1 cm³/mol. The highest BCUT2D eigenvalue weighted by Crippen LogP contribution is 2.14. The van der Waals surface area contributed by atoms with E-state index in [4.69, 9.17) is 23.2 Å². The third-order valence-corrected chi connectivity index (χ3v) is 2.56. The van der Waals surface area contributed by atoms with Crippen LogP contribution in [-0.2, 0) is 11.3 Å². The van der Waals surface area contributed by atoms with Crippen LogP contribution >= 0.6 is 23.2 Å². The summed E-state index contributed by atoms with van der Waals surface area (Å²) in [4.78, 5) is 22.4. The maximum atomic E-state index is 11.3. The van der Waals surface area contributed by atoms with Gasteiger partial charge in [-0.2, -0.15) is 0 Å². The van der Waals surface area contributed by atoms with Crippen molar-refractivity contribution in [1.29, 1.82) is 0 Å². The number of halogens is 2. The molecule has 6 heteroatoms. The molecule has 1 unspecified atom stereocenters. The van der Waals surface area contributed by atoms with Crippen molar-refractivity contribution in [1.82, 2.24) is 10.6 Å². The van der Waals surface area contributed by atoms with Crippen LogP contribution in [0.2, 0.25) is 5.02 Å². The van der Waals surface area contributed by atoms with E-state index in [1.54, 1.807) is 18.2 Å². The van der Waals surface area contributed by atoms with E-state index in [1.165, 1.54) is 6.92 Å². The Labute approximate surface area is 109 Å². The fraction of sp³-hybridized carbons (Fsp3) is 0.273. The Morgan fingerprint density at radius 1 is 1.35 bits per heavy atom. The second-order valence-corrected chi connectivity index (χ2v) is 4.44. The number of carbonyl (C=O) groups excluding carboxylic acids is 2. The lowest BCUT2D eigenvalue weighted by molar-refractivity contribution is -0.119. The van der Waals surface area contributed by atoms with Crippen molar-refractivity contribution in [2.24, 2.45) is 0 Å². The van der Waals surface area contributed by atoms with Gasteiger partial charge < -0.3 is 5.32 Å². The molecule has 92 valence electrons. The van der Waals surface area contributed by atoms with E-state index in [0.29, 0.717) is 5.02 Å². The average molecular weight is 275 g/mol. The van der Waals surface area contributed by atoms with Crippen LogP contribution in [0.3, 0.4) is 0 Å². The van der Waals surface area contributed by atoms with Crippen LogP contribution in [-0.4, -0.2) is 17.3 Å². The Morgan fingerprint density at radius 3 is 2.59 bits per heavy atom. The van der Waals surface area contributed by atoms with Gasteiger partial charge in [-0.3, -0.25) is 10.1 Å². The molecule has 0 heterocycles. The van der Waals surface area contributed by atoms with Crippen molar-refractivity contribution in [2.75, 3.05) is 0 Å². The van der Waals surface area contributed by atoms with E-state index in [0.717, 1.165) is 5.56 Å². The number of benzene rings is 1. The summed E-state index contributed by atoms with van der Waals surface area (Å²) in [5.41, 5.74) is 0.774. The van der Waals surface area contributed by atoms with Crippen LogP contribution < -0.4 is 10.6 Å². The van der Waals surface area contributed by atoms with Gasteiger partial charge in [-0.25, -0.2) is 4.79 Å². The Kier molecular flexibility index (Phi) is 5.25. The molecule has 0 bridgehead atoms. The number of hydrogen-bond acceptors (Lipinski definition) is 2. The van der Waals surface area contributed by atoms with Crippen LogP contribution in [0.15, 0.2) is 24.3 Å². The summed E-state index contributed by atoms with van der Waals surface area (Å²) >= 11 is 11.4. The largest absolute Gasteiger partial charge is 0.334 e. The molecular formula is C11H12Cl2N2O2. The molecule has 0 aliphatic carbocycles. The Hall–Kier alpha value is -1.26. The highest BCUT2D eigenvalue weighted by molar-refractivity contribution is 6.31. The molecule has 1 aromatic carbocycles. The summed E-state index contributed by atoms with van der Waals surface area (Å²) in [7, 11) is 0. The molecule has 0 aliphatic rings. The minimum absolute atomic E-state index is 0.245. The number of urea groups is 1. The standard InChI is InChI=1S/C11H12Cl2N2O2/c1-7(12)10(16)15-11(17)14-6-8-4-2-3-5-9(8)13/h2-5,7H,6H2,1H3,(H2,14,15,16,17). The number of rotatable bonds is 3. The summed E-state index contributed by atoms with van der Waals surface area (Å²) in [6, 6.07) is 6.52. The lowest BCUT2D eigenvalue weighted by Crippen LogP contribution is -2.41. The molecule has 0 saturated carbocycles. The first-order valence-electron chi connectivity index (χ1n) is 4.97.